The number of aliphatic hydroxyl groups excluding tert-OH is 1. The first-order chi connectivity index (χ1) is 10.6. The molecule has 0 radical (unpaired) electrons. The van der Waals surface area contributed by atoms with Gasteiger partial charge in [0.05, 0.1) is 0 Å². The van der Waals surface area contributed by atoms with Crippen molar-refractivity contribution >= 4 is 41.7 Å². The van der Waals surface area contributed by atoms with Gasteiger partial charge in [-0.25, -0.2) is 0 Å². The maximum absolute atomic E-state index is 9.34. The molecule has 0 amide bonds. The predicted octanol–water partition coefficient (Wildman–Crippen LogP) is 3.63. The van der Waals surface area contributed by atoms with Crippen LogP contribution in [0.5, 0.6) is 0 Å². The van der Waals surface area contributed by atoms with Gasteiger partial charge in [0.25, 0.3) is 0 Å². The monoisotopic (exact) mass is 457 g/mol. The van der Waals surface area contributed by atoms with Crippen molar-refractivity contribution in [3.63, 3.8) is 0 Å². The minimum absolute atomic E-state index is 0. The Balaban J connectivity index is 0.00000484. The second-order valence-electron chi connectivity index (χ2n) is 6.39. The molecule has 0 aromatic heterocycles. The third kappa shape index (κ3) is 7.82. The minimum Gasteiger partial charge on any atom is -0.396 e. The summed E-state index contributed by atoms with van der Waals surface area (Å²) in [5, 5.41) is 17.1. The second-order valence-corrected chi connectivity index (χ2v) is 7.53. The van der Waals surface area contributed by atoms with Crippen molar-refractivity contribution in [2.24, 2.45) is 10.4 Å². The zero-order chi connectivity index (χ0) is 16.4. The molecule has 1 aliphatic carbocycles. The van der Waals surface area contributed by atoms with Crippen LogP contribution in [0.2, 0.25) is 0 Å². The Morgan fingerprint density at radius 1 is 1.26 bits per heavy atom. The van der Waals surface area contributed by atoms with Gasteiger partial charge in [-0.2, -0.15) is 11.8 Å². The van der Waals surface area contributed by atoms with Crippen molar-refractivity contribution in [2.75, 3.05) is 26.0 Å². The van der Waals surface area contributed by atoms with Gasteiger partial charge in [-0.3, -0.25) is 4.99 Å². The standard InChI is InChI=1S/C17H35N3OS.HI/c1-5-17(6-2,10-11-21)13-19-16(18-7-3)20-14-8-9-15(12-14)22-4;/h14-15,21H,5-13H2,1-4H3,(H2,18,19,20);1H. The molecular formula is C17H36IN3OS. The normalized spacial score (nSPS) is 21.9. The van der Waals surface area contributed by atoms with Crippen LogP contribution in [0.4, 0.5) is 0 Å². The van der Waals surface area contributed by atoms with E-state index in [1.165, 1.54) is 19.3 Å². The van der Waals surface area contributed by atoms with E-state index in [9.17, 15) is 5.11 Å². The molecule has 0 aliphatic heterocycles. The highest BCUT2D eigenvalue weighted by molar-refractivity contribution is 14.0. The fourth-order valence-electron chi connectivity index (χ4n) is 3.19. The first-order valence-electron chi connectivity index (χ1n) is 8.81. The number of hydrogen-bond donors (Lipinski definition) is 3. The van der Waals surface area contributed by atoms with Gasteiger partial charge < -0.3 is 15.7 Å². The van der Waals surface area contributed by atoms with Crippen LogP contribution in [0.3, 0.4) is 0 Å². The van der Waals surface area contributed by atoms with Gasteiger partial charge >= 0.3 is 0 Å². The van der Waals surface area contributed by atoms with Crippen molar-refractivity contribution < 1.29 is 5.11 Å². The van der Waals surface area contributed by atoms with E-state index in [4.69, 9.17) is 4.99 Å². The molecular weight excluding hydrogens is 421 g/mol. The van der Waals surface area contributed by atoms with Crippen LogP contribution < -0.4 is 10.6 Å². The lowest BCUT2D eigenvalue weighted by Crippen LogP contribution is -2.43. The molecule has 3 N–H and O–H groups in total. The van der Waals surface area contributed by atoms with Crippen LogP contribution in [-0.4, -0.2) is 48.3 Å². The molecule has 1 fully saturated rings. The number of nitrogens with one attached hydrogen (secondary N) is 2. The van der Waals surface area contributed by atoms with E-state index in [0.717, 1.165) is 43.6 Å². The number of aliphatic imine (C=N–C) groups is 1. The van der Waals surface area contributed by atoms with E-state index in [-0.39, 0.29) is 36.0 Å². The fourth-order valence-corrected chi connectivity index (χ4v) is 3.99. The summed E-state index contributed by atoms with van der Waals surface area (Å²) >= 11 is 1.98. The molecule has 0 saturated heterocycles. The maximum Gasteiger partial charge on any atom is 0.191 e. The molecule has 0 bridgehead atoms. The highest BCUT2D eigenvalue weighted by Gasteiger charge is 2.27. The van der Waals surface area contributed by atoms with Crippen molar-refractivity contribution in [3.05, 3.63) is 0 Å². The van der Waals surface area contributed by atoms with Crippen LogP contribution in [0.25, 0.3) is 0 Å². The smallest absolute Gasteiger partial charge is 0.191 e. The third-order valence-electron chi connectivity index (χ3n) is 5.12. The third-order valence-corrected chi connectivity index (χ3v) is 6.21. The van der Waals surface area contributed by atoms with Crippen LogP contribution in [0.1, 0.15) is 59.3 Å². The van der Waals surface area contributed by atoms with Crippen molar-refractivity contribution in [1.82, 2.24) is 10.6 Å². The molecule has 4 nitrogen and oxygen atoms in total. The Bertz CT molecular complexity index is 338. The Kier molecular flexibility index (Phi) is 12.8. The number of rotatable bonds is 9. The van der Waals surface area contributed by atoms with Gasteiger partial charge in [-0.15, -0.1) is 24.0 Å². The highest BCUT2D eigenvalue weighted by atomic mass is 127. The molecule has 23 heavy (non-hydrogen) atoms. The molecule has 2 unspecified atom stereocenters. The summed E-state index contributed by atoms with van der Waals surface area (Å²) in [5.74, 6) is 0.943. The zero-order valence-corrected chi connectivity index (χ0v) is 18.4. The SMILES string of the molecule is CCNC(=NCC(CC)(CC)CCO)NC1CCC(SC)C1.I. The van der Waals surface area contributed by atoms with Crippen LogP contribution in [0, 0.1) is 5.41 Å². The van der Waals surface area contributed by atoms with E-state index in [1.807, 2.05) is 11.8 Å². The number of nitrogens with zero attached hydrogens (tertiary/aromatic N) is 1. The number of thioether (sulfide) groups is 1. The Labute approximate surface area is 164 Å². The predicted molar refractivity (Wildman–Crippen MR) is 114 cm³/mol. The number of guanidine groups is 1. The van der Waals surface area contributed by atoms with Gasteiger partial charge in [0.1, 0.15) is 0 Å². The molecule has 138 valence electrons. The number of aliphatic hydroxyl groups is 1. The molecule has 0 aromatic carbocycles. The van der Waals surface area contributed by atoms with Gasteiger partial charge in [0.15, 0.2) is 5.96 Å². The summed E-state index contributed by atoms with van der Waals surface area (Å²) in [6, 6.07) is 0.547. The topological polar surface area (TPSA) is 56.7 Å². The number of hydrogen-bond acceptors (Lipinski definition) is 3. The maximum atomic E-state index is 9.34. The molecule has 1 aliphatic rings. The van der Waals surface area contributed by atoms with E-state index < -0.39 is 0 Å². The molecule has 2 atom stereocenters. The molecule has 0 aromatic rings. The van der Waals surface area contributed by atoms with Crippen LogP contribution in [0.15, 0.2) is 4.99 Å². The first-order valence-corrected chi connectivity index (χ1v) is 10.1. The molecule has 1 saturated carbocycles. The fraction of sp³-hybridized carbons (Fsp3) is 0.941. The summed E-state index contributed by atoms with van der Waals surface area (Å²) in [7, 11) is 0. The van der Waals surface area contributed by atoms with E-state index >= 15 is 0 Å². The second kappa shape index (κ2) is 12.6. The Hall–Kier alpha value is 0.310. The van der Waals surface area contributed by atoms with Gasteiger partial charge in [0.2, 0.25) is 0 Å². The Morgan fingerprint density at radius 3 is 2.43 bits per heavy atom. The molecule has 0 heterocycles. The largest absolute Gasteiger partial charge is 0.396 e. The molecule has 0 spiro atoms. The average molecular weight is 457 g/mol. The van der Waals surface area contributed by atoms with Gasteiger partial charge in [0, 0.05) is 31.0 Å². The number of halogens is 1. The van der Waals surface area contributed by atoms with Gasteiger partial charge in [-0.05, 0) is 57.1 Å². The summed E-state index contributed by atoms with van der Waals surface area (Å²) in [4.78, 5) is 4.84. The summed E-state index contributed by atoms with van der Waals surface area (Å²) < 4.78 is 0. The van der Waals surface area contributed by atoms with Crippen molar-refractivity contribution in [2.45, 2.75) is 70.6 Å². The molecule has 1 rings (SSSR count). The first kappa shape index (κ1) is 23.3. The highest BCUT2D eigenvalue weighted by Crippen LogP contribution is 2.31. The lowest BCUT2D eigenvalue weighted by molar-refractivity contribution is 0.175. The van der Waals surface area contributed by atoms with E-state index in [0.29, 0.717) is 6.04 Å². The minimum atomic E-state index is 0. The summed E-state index contributed by atoms with van der Waals surface area (Å²) in [5.41, 5.74) is 0.134. The summed E-state index contributed by atoms with van der Waals surface area (Å²) in [6.07, 6.45) is 8.93. The van der Waals surface area contributed by atoms with Gasteiger partial charge in [-0.1, -0.05) is 13.8 Å². The quantitative estimate of drug-likeness (QED) is 0.281. The zero-order valence-electron chi connectivity index (χ0n) is 15.2. The molecule has 6 heteroatoms. The Morgan fingerprint density at radius 2 is 1.96 bits per heavy atom. The average Bonchev–Trinajstić information content (AvgIpc) is 2.99. The van der Waals surface area contributed by atoms with Crippen molar-refractivity contribution in [3.8, 4) is 0 Å². The summed E-state index contributed by atoms with van der Waals surface area (Å²) in [6.45, 7) is 8.44. The lowest BCUT2D eigenvalue weighted by Gasteiger charge is -2.30. The van der Waals surface area contributed by atoms with Crippen molar-refractivity contribution in [1.29, 1.82) is 0 Å². The van der Waals surface area contributed by atoms with E-state index in [2.05, 4.69) is 37.7 Å². The van der Waals surface area contributed by atoms with Crippen LogP contribution in [-0.2, 0) is 0 Å². The van der Waals surface area contributed by atoms with E-state index in [1.54, 1.807) is 0 Å². The lowest BCUT2D eigenvalue weighted by atomic mass is 9.79. The van der Waals surface area contributed by atoms with Crippen LogP contribution >= 0.6 is 35.7 Å².